The van der Waals surface area contributed by atoms with Crippen LogP contribution in [0.4, 0.5) is 0 Å². The number of aliphatic hydroxyl groups is 1. The summed E-state index contributed by atoms with van der Waals surface area (Å²) in [4.78, 5) is 31.3. The number of carbonyl (C=O) groups is 2. The molecule has 9 heteroatoms. The molecule has 1 saturated heterocycles. The zero-order valence-corrected chi connectivity index (χ0v) is 18.8. The highest BCUT2D eigenvalue weighted by Gasteiger charge is 2.39. The van der Waals surface area contributed by atoms with E-state index in [-0.39, 0.29) is 30.9 Å². The predicted octanol–water partition coefficient (Wildman–Crippen LogP) is 3.09. The van der Waals surface area contributed by atoms with Gasteiger partial charge in [0.15, 0.2) is 6.40 Å². The van der Waals surface area contributed by atoms with Crippen LogP contribution in [0.5, 0.6) is 0 Å². The van der Waals surface area contributed by atoms with Gasteiger partial charge in [-0.2, -0.15) is 0 Å². The van der Waals surface area contributed by atoms with Crippen LogP contribution in [-0.2, 0) is 16.1 Å². The summed E-state index contributed by atoms with van der Waals surface area (Å²) in [5.74, 6) is -0.630. The fourth-order valence-electron chi connectivity index (χ4n) is 3.74. The quantitative estimate of drug-likeness (QED) is 0.652. The van der Waals surface area contributed by atoms with Gasteiger partial charge < -0.3 is 20.1 Å². The molecule has 2 heterocycles. The Kier molecular flexibility index (Phi) is 6.60. The fraction of sp³-hybridized carbons (Fsp3) is 0.318. The molecule has 4 rings (SSSR count). The molecular formula is C22H21BrClN3O4. The average molecular weight is 507 g/mol. The number of aliphatic hydroxyl groups excluding tert-OH is 1. The molecule has 0 aliphatic carbocycles. The molecule has 2 aromatic rings. The highest BCUT2D eigenvalue weighted by molar-refractivity contribution is 9.10. The maximum Gasteiger partial charge on any atom is 0.255 e. The van der Waals surface area contributed by atoms with E-state index in [2.05, 4.69) is 26.2 Å². The molecule has 162 valence electrons. The van der Waals surface area contributed by atoms with Crippen molar-refractivity contribution in [2.45, 2.75) is 31.2 Å². The topological polar surface area (TPSA) is 91.2 Å². The first kappa shape index (κ1) is 21.8. The van der Waals surface area contributed by atoms with Gasteiger partial charge in [0.25, 0.3) is 5.91 Å². The van der Waals surface area contributed by atoms with Gasteiger partial charge in [0.1, 0.15) is 12.1 Å². The molecule has 2 N–H and O–H groups in total. The van der Waals surface area contributed by atoms with Crippen molar-refractivity contribution in [3.63, 3.8) is 0 Å². The van der Waals surface area contributed by atoms with Crippen LogP contribution in [0.2, 0.25) is 5.02 Å². The maximum absolute atomic E-state index is 13.0. The standard InChI is InChI=1S/C22H21BrClN3O4/c23-18-7-15(24)5-6-17(18)22(30)27-11-16(28)8-19(27)21(29)26-9-13-1-3-14(4-2-13)20-10-25-12-31-20/h1-7,12,16,19-20,28H,8-11H2,(H,26,29)/t16-,19+,20?/m1/s1. The van der Waals surface area contributed by atoms with E-state index >= 15 is 0 Å². The molecule has 31 heavy (non-hydrogen) atoms. The van der Waals surface area contributed by atoms with Crippen LogP contribution in [0.15, 0.2) is 51.9 Å². The molecular weight excluding hydrogens is 486 g/mol. The van der Waals surface area contributed by atoms with E-state index in [0.29, 0.717) is 28.1 Å². The Morgan fingerprint density at radius 2 is 2.03 bits per heavy atom. The van der Waals surface area contributed by atoms with Crippen LogP contribution in [0.25, 0.3) is 0 Å². The van der Waals surface area contributed by atoms with Crippen molar-refractivity contribution in [1.82, 2.24) is 10.2 Å². The number of nitrogens with zero attached hydrogens (tertiary/aromatic N) is 2. The van der Waals surface area contributed by atoms with E-state index in [9.17, 15) is 14.7 Å². The second kappa shape index (κ2) is 9.38. The van der Waals surface area contributed by atoms with E-state index in [1.54, 1.807) is 18.2 Å². The van der Waals surface area contributed by atoms with Gasteiger partial charge in [0, 0.05) is 29.0 Å². The van der Waals surface area contributed by atoms with Crippen molar-refractivity contribution < 1.29 is 19.4 Å². The maximum atomic E-state index is 13.0. The summed E-state index contributed by atoms with van der Waals surface area (Å²) < 4.78 is 5.95. The lowest BCUT2D eigenvalue weighted by atomic mass is 10.1. The number of rotatable bonds is 5. The lowest BCUT2D eigenvalue weighted by Gasteiger charge is -2.24. The molecule has 0 saturated carbocycles. The van der Waals surface area contributed by atoms with E-state index in [4.69, 9.17) is 16.3 Å². The van der Waals surface area contributed by atoms with Gasteiger partial charge in [-0.1, -0.05) is 35.9 Å². The first-order valence-corrected chi connectivity index (χ1v) is 11.0. The SMILES string of the molecule is O=C(NCc1ccc(C2CN=CO2)cc1)[C@@H]1C[C@@H](O)CN1C(=O)c1ccc(Cl)cc1Br. The molecule has 1 fully saturated rings. The van der Waals surface area contributed by atoms with Gasteiger partial charge in [-0.3, -0.25) is 14.6 Å². The van der Waals surface area contributed by atoms with Gasteiger partial charge in [-0.05, 0) is 45.3 Å². The molecule has 7 nitrogen and oxygen atoms in total. The molecule has 2 aliphatic heterocycles. The Balaban J connectivity index is 1.40. The lowest BCUT2D eigenvalue weighted by Crippen LogP contribution is -2.45. The molecule has 2 amide bonds. The smallest absolute Gasteiger partial charge is 0.255 e. The number of carbonyl (C=O) groups excluding carboxylic acids is 2. The predicted molar refractivity (Wildman–Crippen MR) is 120 cm³/mol. The summed E-state index contributed by atoms with van der Waals surface area (Å²) in [7, 11) is 0. The first-order valence-electron chi connectivity index (χ1n) is 9.87. The summed E-state index contributed by atoms with van der Waals surface area (Å²) in [5, 5.41) is 13.5. The minimum Gasteiger partial charge on any atom is -0.474 e. The van der Waals surface area contributed by atoms with E-state index in [1.165, 1.54) is 11.3 Å². The highest BCUT2D eigenvalue weighted by Crippen LogP contribution is 2.27. The van der Waals surface area contributed by atoms with Crippen LogP contribution >= 0.6 is 27.5 Å². The van der Waals surface area contributed by atoms with Crippen LogP contribution in [0.3, 0.4) is 0 Å². The Labute approximate surface area is 193 Å². The molecule has 0 spiro atoms. The van der Waals surface area contributed by atoms with E-state index in [0.717, 1.165) is 11.1 Å². The number of hydrogen-bond donors (Lipinski definition) is 2. The number of aliphatic imine (C=N–C) groups is 1. The Morgan fingerprint density at radius 3 is 2.71 bits per heavy atom. The molecule has 2 aromatic carbocycles. The molecule has 0 radical (unpaired) electrons. The second-order valence-corrected chi connectivity index (χ2v) is 8.83. The van der Waals surface area contributed by atoms with Gasteiger partial charge in [0.05, 0.1) is 18.2 Å². The van der Waals surface area contributed by atoms with E-state index in [1.807, 2.05) is 24.3 Å². The summed E-state index contributed by atoms with van der Waals surface area (Å²) in [6, 6.07) is 11.9. The molecule has 1 unspecified atom stereocenters. The van der Waals surface area contributed by atoms with Crippen molar-refractivity contribution >= 4 is 45.7 Å². The molecule has 3 atom stereocenters. The summed E-state index contributed by atoms with van der Waals surface area (Å²) in [5.41, 5.74) is 2.34. The third-order valence-corrected chi connectivity index (χ3v) is 6.28. The number of β-amino-alcohol motifs (C(OH)–C–C–N with tert-alkyl or cyclic N) is 1. The van der Waals surface area contributed by atoms with Crippen molar-refractivity contribution in [3.05, 3.63) is 68.7 Å². The number of hydrogen-bond acceptors (Lipinski definition) is 5. The number of likely N-dealkylation sites (tertiary alicyclic amines) is 1. The number of benzene rings is 2. The van der Waals surface area contributed by atoms with Crippen molar-refractivity contribution in [2.75, 3.05) is 13.1 Å². The van der Waals surface area contributed by atoms with Gasteiger partial charge >= 0.3 is 0 Å². The first-order chi connectivity index (χ1) is 14.9. The Morgan fingerprint density at radius 1 is 1.26 bits per heavy atom. The number of amides is 2. The minimum absolute atomic E-state index is 0.0598. The van der Waals surface area contributed by atoms with Gasteiger partial charge in [0.2, 0.25) is 5.91 Å². The highest BCUT2D eigenvalue weighted by atomic mass is 79.9. The van der Waals surface area contributed by atoms with Crippen LogP contribution < -0.4 is 5.32 Å². The number of ether oxygens (including phenoxy) is 1. The zero-order valence-electron chi connectivity index (χ0n) is 16.5. The normalized spacial score (nSPS) is 22.4. The monoisotopic (exact) mass is 505 g/mol. The molecule has 0 aromatic heterocycles. The largest absolute Gasteiger partial charge is 0.474 e. The molecule has 0 bridgehead atoms. The second-order valence-electron chi connectivity index (χ2n) is 7.54. The van der Waals surface area contributed by atoms with Crippen LogP contribution in [-0.4, -0.2) is 53.5 Å². The van der Waals surface area contributed by atoms with Gasteiger partial charge in [-0.15, -0.1) is 0 Å². The number of halogens is 2. The third kappa shape index (κ3) is 4.92. The van der Waals surface area contributed by atoms with Crippen molar-refractivity contribution in [2.24, 2.45) is 4.99 Å². The van der Waals surface area contributed by atoms with Gasteiger partial charge in [-0.25, -0.2) is 0 Å². The Hall–Kier alpha value is -2.42. The Bertz CT molecular complexity index is 1010. The van der Waals surface area contributed by atoms with Crippen molar-refractivity contribution in [1.29, 1.82) is 0 Å². The van der Waals surface area contributed by atoms with Crippen LogP contribution in [0, 0.1) is 0 Å². The zero-order chi connectivity index (χ0) is 22.0. The van der Waals surface area contributed by atoms with E-state index < -0.39 is 12.1 Å². The number of nitrogens with one attached hydrogen (secondary N) is 1. The third-order valence-electron chi connectivity index (χ3n) is 5.39. The lowest BCUT2D eigenvalue weighted by molar-refractivity contribution is -0.125. The average Bonchev–Trinajstić information content (AvgIpc) is 3.42. The molecule has 2 aliphatic rings. The summed E-state index contributed by atoms with van der Waals surface area (Å²) in [6.07, 6.45) is 0.847. The minimum atomic E-state index is -0.751. The van der Waals surface area contributed by atoms with Crippen LogP contribution in [0.1, 0.15) is 34.0 Å². The fourth-order valence-corrected chi connectivity index (χ4v) is 4.60. The van der Waals surface area contributed by atoms with Crippen molar-refractivity contribution in [3.8, 4) is 0 Å². The summed E-state index contributed by atoms with van der Waals surface area (Å²) >= 11 is 9.30. The summed E-state index contributed by atoms with van der Waals surface area (Å²) in [6.45, 7) is 1.03.